The first-order chi connectivity index (χ1) is 8.49. The third-order valence-corrected chi connectivity index (χ3v) is 4.04. The molecule has 1 aliphatic carbocycles. The maximum absolute atomic E-state index is 11.3. The van der Waals surface area contributed by atoms with Gasteiger partial charge in [0.15, 0.2) is 0 Å². The third kappa shape index (κ3) is 2.37. The van der Waals surface area contributed by atoms with Crippen LogP contribution in [-0.2, 0) is 6.42 Å². The number of aromatic nitrogens is 1. The molecule has 0 bridgehead atoms. The molecule has 0 atom stereocenters. The molecule has 1 aromatic heterocycles. The Hall–Kier alpha value is -1.45. The monoisotopic (exact) mass is 248 g/mol. The predicted octanol–water partition coefficient (Wildman–Crippen LogP) is 3.85. The fourth-order valence-electron chi connectivity index (χ4n) is 2.52. The Balaban J connectivity index is 2.40. The number of hydrogen-bond donors (Lipinski definition) is 0. The Morgan fingerprint density at radius 1 is 1.50 bits per heavy atom. The van der Waals surface area contributed by atoms with E-state index in [0.717, 1.165) is 18.4 Å². The molecule has 0 aliphatic heterocycles. The maximum Gasteiger partial charge on any atom is 0.294 e. The lowest BCUT2D eigenvalue weighted by molar-refractivity contribution is -0.386. The fourth-order valence-corrected chi connectivity index (χ4v) is 2.52. The van der Waals surface area contributed by atoms with Gasteiger partial charge in [0.2, 0.25) is 0 Å². The van der Waals surface area contributed by atoms with Crippen LogP contribution in [0.15, 0.2) is 12.3 Å². The van der Waals surface area contributed by atoms with E-state index in [-0.39, 0.29) is 16.5 Å². The van der Waals surface area contributed by atoms with Crippen LogP contribution in [0.4, 0.5) is 5.69 Å². The van der Waals surface area contributed by atoms with Gasteiger partial charge in [-0.15, -0.1) is 0 Å². The van der Waals surface area contributed by atoms with Crippen molar-refractivity contribution in [2.45, 2.75) is 52.4 Å². The molecule has 0 unspecified atom stereocenters. The van der Waals surface area contributed by atoms with E-state index in [9.17, 15) is 10.1 Å². The van der Waals surface area contributed by atoms with Crippen molar-refractivity contribution in [3.05, 3.63) is 33.6 Å². The molecule has 1 saturated carbocycles. The van der Waals surface area contributed by atoms with Gasteiger partial charge in [-0.25, -0.2) is 0 Å². The highest BCUT2D eigenvalue weighted by Crippen LogP contribution is 2.52. The van der Waals surface area contributed by atoms with Crippen molar-refractivity contribution in [2.24, 2.45) is 5.41 Å². The highest BCUT2D eigenvalue weighted by molar-refractivity contribution is 5.46. The van der Waals surface area contributed by atoms with Crippen LogP contribution in [0.3, 0.4) is 0 Å². The smallest absolute Gasteiger partial charge is 0.258 e. The Morgan fingerprint density at radius 2 is 2.17 bits per heavy atom. The van der Waals surface area contributed by atoms with E-state index in [1.54, 1.807) is 6.20 Å². The van der Waals surface area contributed by atoms with E-state index in [0.29, 0.717) is 11.1 Å². The molecule has 0 saturated heterocycles. The van der Waals surface area contributed by atoms with Crippen molar-refractivity contribution in [2.75, 3.05) is 0 Å². The van der Waals surface area contributed by atoms with Gasteiger partial charge in [-0.3, -0.25) is 15.1 Å². The molecule has 0 spiro atoms. The molecule has 0 radical (unpaired) electrons. The first-order valence-electron chi connectivity index (χ1n) is 6.61. The number of hydrogen-bond acceptors (Lipinski definition) is 3. The molecule has 4 nitrogen and oxygen atoms in total. The topological polar surface area (TPSA) is 56.0 Å². The molecule has 0 amide bonds. The molecular formula is C14H20N2O2. The van der Waals surface area contributed by atoms with E-state index >= 15 is 0 Å². The molecule has 4 heteroatoms. The number of nitrogens with zero attached hydrogens (tertiary/aromatic N) is 2. The van der Waals surface area contributed by atoms with Gasteiger partial charge in [0.25, 0.3) is 5.69 Å². The van der Waals surface area contributed by atoms with Gasteiger partial charge in [0.1, 0.15) is 5.69 Å². The summed E-state index contributed by atoms with van der Waals surface area (Å²) in [6.07, 6.45) is 6.02. The van der Waals surface area contributed by atoms with Gasteiger partial charge in [-0.2, -0.15) is 0 Å². The van der Waals surface area contributed by atoms with Crippen LogP contribution < -0.4 is 0 Å². The molecule has 98 valence electrons. The second-order valence-electron chi connectivity index (χ2n) is 5.65. The number of rotatable bonds is 5. The second kappa shape index (κ2) is 4.67. The van der Waals surface area contributed by atoms with Gasteiger partial charge >= 0.3 is 0 Å². The zero-order chi connectivity index (χ0) is 13.3. The standard InChI is InChI=1S/C14H20N2O2/c1-4-14(6-7-14)9-11-5-8-15-12(10(2)3)13(11)16(17)18/h5,8,10H,4,6-7,9H2,1-3H3. The van der Waals surface area contributed by atoms with Crippen LogP contribution in [0, 0.1) is 15.5 Å². The van der Waals surface area contributed by atoms with Crippen LogP contribution in [-0.4, -0.2) is 9.91 Å². The maximum atomic E-state index is 11.3. The Kier molecular flexibility index (Phi) is 3.37. The molecule has 1 heterocycles. The quantitative estimate of drug-likeness (QED) is 0.587. The summed E-state index contributed by atoms with van der Waals surface area (Å²) in [7, 11) is 0. The summed E-state index contributed by atoms with van der Waals surface area (Å²) in [6.45, 7) is 6.07. The average Bonchev–Trinajstić information content (AvgIpc) is 3.08. The zero-order valence-electron chi connectivity index (χ0n) is 11.3. The fraction of sp³-hybridized carbons (Fsp3) is 0.643. The first kappa shape index (κ1) is 13.0. The first-order valence-corrected chi connectivity index (χ1v) is 6.61. The lowest BCUT2D eigenvalue weighted by Gasteiger charge is -2.14. The Morgan fingerprint density at radius 3 is 2.61 bits per heavy atom. The molecule has 18 heavy (non-hydrogen) atoms. The van der Waals surface area contributed by atoms with E-state index in [1.165, 1.54) is 12.8 Å². The molecule has 1 fully saturated rings. The summed E-state index contributed by atoms with van der Waals surface area (Å²) in [4.78, 5) is 15.2. The van der Waals surface area contributed by atoms with Gasteiger partial charge in [0, 0.05) is 17.7 Å². The van der Waals surface area contributed by atoms with E-state index in [2.05, 4.69) is 11.9 Å². The Labute approximate surface area is 108 Å². The minimum Gasteiger partial charge on any atom is -0.258 e. The van der Waals surface area contributed by atoms with Crippen LogP contribution in [0.25, 0.3) is 0 Å². The van der Waals surface area contributed by atoms with E-state index in [1.807, 2.05) is 19.9 Å². The van der Waals surface area contributed by atoms with Crippen molar-refractivity contribution in [3.8, 4) is 0 Å². The molecule has 2 rings (SSSR count). The molecule has 1 aromatic rings. The SMILES string of the molecule is CCC1(Cc2ccnc(C(C)C)c2[N+](=O)[O-])CC1. The molecule has 0 N–H and O–H groups in total. The zero-order valence-corrected chi connectivity index (χ0v) is 11.3. The van der Waals surface area contributed by atoms with E-state index < -0.39 is 0 Å². The largest absolute Gasteiger partial charge is 0.294 e. The van der Waals surface area contributed by atoms with Crippen LogP contribution in [0.1, 0.15) is 57.2 Å². The third-order valence-electron chi connectivity index (χ3n) is 4.04. The highest BCUT2D eigenvalue weighted by Gasteiger charge is 2.42. The summed E-state index contributed by atoms with van der Waals surface area (Å²) in [5.74, 6) is 0.0853. The normalized spacial score (nSPS) is 16.9. The van der Waals surface area contributed by atoms with Crippen molar-refractivity contribution in [1.82, 2.24) is 4.98 Å². The molecular weight excluding hydrogens is 228 g/mol. The summed E-state index contributed by atoms with van der Waals surface area (Å²) in [5, 5.41) is 11.3. The number of pyridine rings is 1. The van der Waals surface area contributed by atoms with Crippen molar-refractivity contribution < 1.29 is 4.92 Å². The van der Waals surface area contributed by atoms with Crippen molar-refractivity contribution in [1.29, 1.82) is 0 Å². The van der Waals surface area contributed by atoms with Crippen LogP contribution >= 0.6 is 0 Å². The summed E-state index contributed by atoms with van der Waals surface area (Å²) in [5.41, 5.74) is 2.04. The van der Waals surface area contributed by atoms with Crippen molar-refractivity contribution >= 4 is 5.69 Å². The van der Waals surface area contributed by atoms with Gasteiger partial charge in [0.05, 0.1) is 4.92 Å². The average molecular weight is 248 g/mol. The van der Waals surface area contributed by atoms with Crippen LogP contribution in [0.2, 0.25) is 0 Å². The van der Waals surface area contributed by atoms with Gasteiger partial charge in [-0.05, 0) is 30.7 Å². The Bertz CT molecular complexity index is 465. The van der Waals surface area contributed by atoms with Gasteiger partial charge in [-0.1, -0.05) is 27.2 Å². The lowest BCUT2D eigenvalue weighted by Crippen LogP contribution is -2.09. The minimum atomic E-state index is -0.261. The summed E-state index contributed by atoms with van der Waals surface area (Å²) >= 11 is 0. The minimum absolute atomic E-state index is 0.0853. The summed E-state index contributed by atoms with van der Waals surface area (Å²) < 4.78 is 0. The van der Waals surface area contributed by atoms with E-state index in [4.69, 9.17) is 0 Å². The van der Waals surface area contributed by atoms with Crippen molar-refractivity contribution in [3.63, 3.8) is 0 Å². The molecule has 0 aromatic carbocycles. The highest BCUT2D eigenvalue weighted by atomic mass is 16.6. The predicted molar refractivity (Wildman–Crippen MR) is 70.6 cm³/mol. The second-order valence-corrected chi connectivity index (χ2v) is 5.65. The summed E-state index contributed by atoms with van der Waals surface area (Å²) in [6, 6.07) is 1.82. The lowest BCUT2D eigenvalue weighted by atomic mass is 9.92. The molecule has 1 aliphatic rings. The van der Waals surface area contributed by atoms with Gasteiger partial charge < -0.3 is 0 Å². The van der Waals surface area contributed by atoms with Crippen LogP contribution in [0.5, 0.6) is 0 Å². The number of nitro groups is 1.